The minimum atomic E-state index is -0.244. The molecule has 1 amide bonds. The lowest BCUT2D eigenvalue weighted by molar-refractivity contribution is 0.102. The fourth-order valence-corrected chi connectivity index (χ4v) is 2.03. The van der Waals surface area contributed by atoms with Crippen LogP contribution in [0.3, 0.4) is 0 Å². The average molecular weight is 290 g/mol. The molecule has 0 fully saturated rings. The second kappa shape index (κ2) is 6.05. The van der Waals surface area contributed by atoms with E-state index in [1.54, 1.807) is 42.9 Å². The zero-order valence-corrected chi connectivity index (χ0v) is 11.7. The summed E-state index contributed by atoms with van der Waals surface area (Å²) >= 11 is 0. The Labute approximate surface area is 127 Å². The third kappa shape index (κ3) is 2.93. The van der Waals surface area contributed by atoms with Crippen molar-refractivity contribution >= 4 is 17.3 Å². The number of nitrogens with two attached hydrogens (primary N) is 1. The van der Waals surface area contributed by atoms with Crippen LogP contribution >= 0.6 is 0 Å². The van der Waals surface area contributed by atoms with Gasteiger partial charge in [-0.05, 0) is 36.4 Å². The second-order valence-corrected chi connectivity index (χ2v) is 4.71. The molecule has 0 unspecified atom stereocenters. The third-order valence-electron chi connectivity index (χ3n) is 3.21. The Balaban J connectivity index is 1.78. The van der Waals surface area contributed by atoms with E-state index in [9.17, 15) is 4.79 Å². The summed E-state index contributed by atoms with van der Waals surface area (Å²) in [5, 5.41) is 2.77. The number of anilines is 2. The lowest BCUT2D eigenvalue weighted by atomic mass is 10.1. The minimum Gasteiger partial charge on any atom is -0.397 e. The van der Waals surface area contributed by atoms with Crippen LogP contribution in [0.1, 0.15) is 10.4 Å². The van der Waals surface area contributed by atoms with Crippen molar-refractivity contribution in [3.8, 4) is 11.3 Å². The zero-order valence-electron chi connectivity index (χ0n) is 11.7. The van der Waals surface area contributed by atoms with E-state index >= 15 is 0 Å². The summed E-state index contributed by atoms with van der Waals surface area (Å²) < 4.78 is 0. The molecule has 0 aliphatic heterocycles. The lowest BCUT2D eigenvalue weighted by Crippen LogP contribution is -2.13. The molecular formula is C17H14N4O. The quantitative estimate of drug-likeness (QED) is 0.727. The number of pyridine rings is 2. The Morgan fingerprint density at radius 1 is 1.00 bits per heavy atom. The van der Waals surface area contributed by atoms with Crippen LogP contribution in [0.15, 0.2) is 67.1 Å². The molecule has 0 aliphatic carbocycles. The molecule has 0 radical (unpaired) electrons. The maximum Gasteiger partial charge on any atom is 0.257 e. The zero-order chi connectivity index (χ0) is 15.4. The molecule has 0 saturated carbocycles. The van der Waals surface area contributed by atoms with Gasteiger partial charge in [0.15, 0.2) is 0 Å². The van der Waals surface area contributed by atoms with E-state index in [-0.39, 0.29) is 5.91 Å². The molecule has 2 heterocycles. The van der Waals surface area contributed by atoms with Crippen LogP contribution in [-0.4, -0.2) is 15.9 Å². The van der Waals surface area contributed by atoms with Crippen LogP contribution in [0.5, 0.6) is 0 Å². The standard InChI is InChI=1S/C17H14N4O/c18-14-3-1-2-4-16(14)21-17(22)13-5-6-15(20-11-13)12-7-9-19-10-8-12/h1-11H,18H2,(H,21,22). The summed E-state index contributed by atoms with van der Waals surface area (Å²) in [6.07, 6.45) is 4.95. The fourth-order valence-electron chi connectivity index (χ4n) is 2.03. The molecular weight excluding hydrogens is 276 g/mol. The van der Waals surface area contributed by atoms with E-state index in [0.717, 1.165) is 11.3 Å². The van der Waals surface area contributed by atoms with Gasteiger partial charge in [-0.3, -0.25) is 14.8 Å². The molecule has 108 valence electrons. The number of nitrogens with zero attached hydrogens (tertiary/aromatic N) is 2. The van der Waals surface area contributed by atoms with Crippen molar-refractivity contribution in [2.24, 2.45) is 0 Å². The van der Waals surface area contributed by atoms with Crippen LogP contribution in [0.4, 0.5) is 11.4 Å². The topological polar surface area (TPSA) is 80.9 Å². The maximum absolute atomic E-state index is 12.2. The van der Waals surface area contributed by atoms with Crippen molar-refractivity contribution in [1.29, 1.82) is 0 Å². The normalized spacial score (nSPS) is 10.2. The van der Waals surface area contributed by atoms with Crippen molar-refractivity contribution in [3.05, 3.63) is 72.7 Å². The van der Waals surface area contributed by atoms with Gasteiger partial charge in [-0.15, -0.1) is 0 Å². The van der Waals surface area contributed by atoms with Gasteiger partial charge in [-0.1, -0.05) is 12.1 Å². The van der Waals surface area contributed by atoms with Crippen LogP contribution in [0.25, 0.3) is 11.3 Å². The molecule has 1 aromatic carbocycles. The molecule has 3 rings (SSSR count). The third-order valence-corrected chi connectivity index (χ3v) is 3.21. The molecule has 5 nitrogen and oxygen atoms in total. The number of hydrogen-bond donors (Lipinski definition) is 2. The molecule has 0 aliphatic rings. The number of nitrogens with one attached hydrogen (secondary N) is 1. The minimum absolute atomic E-state index is 0.244. The highest BCUT2D eigenvalue weighted by Crippen LogP contribution is 2.19. The van der Waals surface area contributed by atoms with E-state index in [0.29, 0.717) is 16.9 Å². The summed E-state index contributed by atoms with van der Waals surface area (Å²) in [6, 6.07) is 14.4. The number of hydrogen-bond acceptors (Lipinski definition) is 4. The van der Waals surface area contributed by atoms with E-state index in [2.05, 4.69) is 15.3 Å². The Kier molecular flexibility index (Phi) is 3.78. The van der Waals surface area contributed by atoms with Gasteiger partial charge in [0.1, 0.15) is 0 Å². The van der Waals surface area contributed by atoms with Crippen molar-refractivity contribution < 1.29 is 4.79 Å². The molecule has 3 aromatic rings. The molecule has 3 N–H and O–H groups in total. The Bertz CT molecular complexity index is 785. The van der Waals surface area contributed by atoms with E-state index < -0.39 is 0 Å². The summed E-state index contributed by atoms with van der Waals surface area (Å²) in [7, 11) is 0. The lowest BCUT2D eigenvalue weighted by Gasteiger charge is -2.08. The molecule has 0 bridgehead atoms. The summed E-state index contributed by atoms with van der Waals surface area (Å²) in [5.41, 5.74) is 9.14. The first kappa shape index (κ1) is 13.8. The van der Waals surface area contributed by atoms with Crippen molar-refractivity contribution in [2.45, 2.75) is 0 Å². The van der Waals surface area contributed by atoms with Crippen LogP contribution in [-0.2, 0) is 0 Å². The Morgan fingerprint density at radius 2 is 1.77 bits per heavy atom. The Hall–Kier alpha value is -3.21. The maximum atomic E-state index is 12.2. The van der Waals surface area contributed by atoms with Crippen LogP contribution in [0.2, 0.25) is 0 Å². The van der Waals surface area contributed by atoms with E-state index in [4.69, 9.17) is 5.73 Å². The van der Waals surface area contributed by atoms with Gasteiger partial charge >= 0.3 is 0 Å². The van der Waals surface area contributed by atoms with Gasteiger partial charge in [0, 0.05) is 24.2 Å². The number of amides is 1. The number of carbonyl (C=O) groups is 1. The highest BCUT2D eigenvalue weighted by Gasteiger charge is 2.08. The largest absolute Gasteiger partial charge is 0.397 e. The van der Waals surface area contributed by atoms with Crippen molar-refractivity contribution in [2.75, 3.05) is 11.1 Å². The highest BCUT2D eigenvalue weighted by molar-refractivity contribution is 6.05. The number of para-hydroxylation sites is 2. The Morgan fingerprint density at radius 3 is 2.45 bits per heavy atom. The smallest absolute Gasteiger partial charge is 0.257 e. The number of aromatic nitrogens is 2. The van der Waals surface area contributed by atoms with E-state index in [1.807, 2.05) is 24.3 Å². The number of rotatable bonds is 3. The van der Waals surface area contributed by atoms with Gasteiger partial charge in [0.25, 0.3) is 5.91 Å². The first-order valence-electron chi connectivity index (χ1n) is 6.76. The van der Waals surface area contributed by atoms with Crippen LogP contribution < -0.4 is 11.1 Å². The molecule has 2 aromatic heterocycles. The van der Waals surface area contributed by atoms with Gasteiger partial charge in [-0.2, -0.15) is 0 Å². The van der Waals surface area contributed by atoms with Gasteiger partial charge in [-0.25, -0.2) is 0 Å². The molecule has 0 spiro atoms. The predicted molar refractivity (Wildman–Crippen MR) is 86.3 cm³/mol. The number of carbonyl (C=O) groups excluding carboxylic acids is 1. The van der Waals surface area contributed by atoms with E-state index in [1.165, 1.54) is 0 Å². The first-order chi connectivity index (χ1) is 10.7. The molecule has 22 heavy (non-hydrogen) atoms. The SMILES string of the molecule is Nc1ccccc1NC(=O)c1ccc(-c2ccncc2)nc1. The molecule has 0 atom stereocenters. The van der Waals surface area contributed by atoms with Gasteiger partial charge in [0.2, 0.25) is 0 Å². The van der Waals surface area contributed by atoms with Crippen LogP contribution in [0, 0.1) is 0 Å². The average Bonchev–Trinajstić information content (AvgIpc) is 2.58. The second-order valence-electron chi connectivity index (χ2n) is 4.71. The summed E-state index contributed by atoms with van der Waals surface area (Å²) in [6.45, 7) is 0. The van der Waals surface area contributed by atoms with Gasteiger partial charge in [0.05, 0.1) is 22.6 Å². The summed E-state index contributed by atoms with van der Waals surface area (Å²) in [4.78, 5) is 20.5. The highest BCUT2D eigenvalue weighted by atomic mass is 16.1. The predicted octanol–water partition coefficient (Wildman–Crippen LogP) is 2.98. The number of nitrogen functional groups attached to an aromatic ring is 1. The first-order valence-corrected chi connectivity index (χ1v) is 6.76. The molecule has 0 saturated heterocycles. The van der Waals surface area contributed by atoms with Gasteiger partial charge < -0.3 is 11.1 Å². The number of benzene rings is 1. The summed E-state index contributed by atoms with van der Waals surface area (Å²) in [5.74, 6) is -0.244. The monoisotopic (exact) mass is 290 g/mol. The van der Waals surface area contributed by atoms with Crippen molar-refractivity contribution in [1.82, 2.24) is 9.97 Å². The fraction of sp³-hybridized carbons (Fsp3) is 0. The molecule has 5 heteroatoms. The van der Waals surface area contributed by atoms with Crippen molar-refractivity contribution in [3.63, 3.8) is 0 Å².